The number of anilines is 1. The summed E-state index contributed by atoms with van der Waals surface area (Å²) in [6, 6.07) is 13.2. The fourth-order valence-corrected chi connectivity index (χ4v) is 4.98. The van der Waals surface area contributed by atoms with Gasteiger partial charge in [-0.15, -0.1) is 0 Å². The Kier molecular flexibility index (Phi) is 8.80. The van der Waals surface area contributed by atoms with Gasteiger partial charge in [0.2, 0.25) is 0 Å². The molecule has 0 fully saturated rings. The van der Waals surface area contributed by atoms with E-state index in [0.717, 1.165) is 5.69 Å². The minimum atomic E-state index is -0.509. The lowest BCUT2D eigenvalue weighted by Gasteiger charge is -2.34. The molecule has 2 aromatic carbocycles. The molecular formula is C30H43ClN2O. The molecule has 0 aromatic heterocycles. The largest absolute Gasteiger partial charge is 1.00 e. The van der Waals surface area contributed by atoms with Gasteiger partial charge in [0, 0.05) is 22.3 Å². The van der Waals surface area contributed by atoms with Gasteiger partial charge in [-0.2, -0.15) is 4.90 Å². The molecule has 0 saturated heterocycles. The fraction of sp³-hybridized carbons (Fsp3) is 0.533. The molecule has 4 heteroatoms. The Labute approximate surface area is 213 Å². The first-order valence-corrected chi connectivity index (χ1v) is 12.6. The number of hydrogen-bond acceptors (Lipinski definition) is 1. The van der Waals surface area contributed by atoms with Crippen LogP contribution in [-0.4, -0.2) is 23.4 Å². The van der Waals surface area contributed by atoms with Crippen molar-refractivity contribution in [2.75, 3.05) is 11.4 Å². The molecule has 1 heterocycles. The van der Waals surface area contributed by atoms with E-state index in [2.05, 4.69) is 117 Å². The average molecular weight is 483 g/mol. The monoisotopic (exact) mass is 482 g/mol. The summed E-state index contributed by atoms with van der Waals surface area (Å²) in [5.41, 5.74) is 6.95. The van der Waals surface area contributed by atoms with Crippen LogP contribution in [0.2, 0.25) is 0 Å². The van der Waals surface area contributed by atoms with E-state index in [4.69, 9.17) is 0 Å². The van der Waals surface area contributed by atoms with Gasteiger partial charge in [-0.1, -0.05) is 91.8 Å². The molecule has 1 aliphatic rings. The Morgan fingerprint density at radius 3 is 1.50 bits per heavy atom. The molecule has 34 heavy (non-hydrogen) atoms. The first-order chi connectivity index (χ1) is 15.4. The summed E-state index contributed by atoms with van der Waals surface area (Å²) >= 11 is 0. The number of nitrogens with zero attached hydrogens (tertiary/aromatic N) is 2. The van der Waals surface area contributed by atoms with Gasteiger partial charge in [-0.3, -0.25) is 0 Å². The number of carbonyl (C=O) groups excluding carboxylic acids is 1. The van der Waals surface area contributed by atoms with Gasteiger partial charge in [-0.25, -0.2) is 9.37 Å². The van der Waals surface area contributed by atoms with Gasteiger partial charge in [0.25, 0.3) is 6.34 Å². The summed E-state index contributed by atoms with van der Waals surface area (Å²) in [4.78, 5) is 15.8. The van der Waals surface area contributed by atoms with Gasteiger partial charge in [0.1, 0.15) is 23.3 Å². The van der Waals surface area contributed by atoms with Crippen molar-refractivity contribution in [2.45, 2.75) is 92.9 Å². The van der Waals surface area contributed by atoms with Crippen molar-refractivity contribution >= 4 is 23.6 Å². The van der Waals surface area contributed by atoms with Crippen LogP contribution in [0.1, 0.15) is 115 Å². The van der Waals surface area contributed by atoms with Gasteiger partial charge >= 0.3 is 5.91 Å². The number of rotatable bonds is 6. The number of amides is 1. The van der Waals surface area contributed by atoms with Crippen molar-refractivity contribution in [3.63, 3.8) is 0 Å². The molecule has 0 aliphatic carbocycles. The van der Waals surface area contributed by atoms with Gasteiger partial charge in [0.15, 0.2) is 0 Å². The highest BCUT2D eigenvalue weighted by Crippen LogP contribution is 2.41. The molecule has 0 N–H and O–H groups in total. The Morgan fingerprint density at radius 1 is 0.735 bits per heavy atom. The summed E-state index contributed by atoms with van der Waals surface area (Å²) in [5, 5.41) is 0. The van der Waals surface area contributed by atoms with E-state index in [1.54, 1.807) is 0 Å². The lowest BCUT2D eigenvalue weighted by Crippen LogP contribution is -3.00. The second-order valence-electron chi connectivity index (χ2n) is 11.5. The molecule has 0 radical (unpaired) electrons. The van der Waals surface area contributed by atoms with Crippen LogP contribution in [-0.2, 0) is 4.79 Å². The van der Waals surface area contributed by atoms with Crippen LogP contribution in [0.3, 0.4) is 0 Å². The molecule has 0 bridgehead atoms. The normalized spacial score (nSPS) is 15.9. The quantitative estimate of drug-likeness (QED) is 0.535. The highest BCUT2D eigenvalue weighted by molar-refractivity contribution is 6.12. The van der Waals surface area contributed by atoms with Gasteiger partial charge in [0.05, 0.1) is 0 Å². The number of halogens is 1. The van der Waals surface area contributed by atoms with Crippen LogP contribution in [0, 0.1) is 5.41 Å². The highest BCUT2D eigenvalue weighted by Gasteiger charge is 2.46. The van der Waals surface area contributed by atoms with E-state index in [1.807, 2.05) is 4.90 Å². The van der Waals surface area contributed by atoms with E-state index in [-0.39, 0.29) is 18.3 Å². The minimum Gasteiger partial charge on any atom is -1.00 e. The van der Waals surface area contributed by atoms with Crippen molar-refractivity contribution in [1.29, 1.82) is 0 Å². The third kappa shape index (κ3) is 5.25. The summed E-state index contributed by atoms with van der Waals surface area (Å²) in [5.74, 6) is 1.62. The summed E-state index contributed by atoms with van der Waals surface area (Å²) < 4.78 is 2.35. The van der Waals surface area contributed by atoms with Crippen molar-refractivity contribution in [2.24, 2.45) is 5.41 Å². The van der Waals surface area contributed by atoms with Crippen molar-refractivity contribution in [3.8, 4) is 0 Å². The van der Waals surface area contributed by atoms with E-state index in [1.165, 1.54) is 27.9 Å². The average Bonchev–Trinajstić information content (AvgIpc) is 2.74. The number of para-hydroxylation sites is 2. The number of carbonyl (C=O) groups is 1. The number of hydrogen-bond donors (Lipinski definition) is 0. The standard InChI is InChI=1S/C30H43N2O.ClH/c1-19(2)23-13-11-14-24(20(3)4)27(23)31-17-30(9,10)29(33)32(18-31)28-25(21(5)6)15-12-16-26(28)22(7)8;/h11-16,18-22H,17H2,1-10H3;1H/q+1;/p-1. The molecular weight excluding hydrogens is 440 g/mol. The van der Waals surface area contributed by atoms with Crippen LogP contribution < -0.4 is 17.3 Å². The first kappa shape index (κ1) is 28.1. The second-order valence-corrected chi connectivity index (χ2v) is 11.5. The van der Waals surface area contributed by atoms with Gasteiger partial charge in [-0.05, 0) is 37.5 Å². The molecule has 3 rings (SSSR count). The third-order valence-corrected chi connectivity index (χ3v) is 6.83. The van der Waals surface area contributed by atoms with Crippen LogP contribution in [0.5, 0.6) is 0 Å². The smallest absolute Gasteiger partial charge is 0.323 e. The van der Waals surface area contributed by atoms with Crippen LogP contribution >= 0.6 is 0 Å². The maximum atomic E-state index is 13.9. The topological polar surface area (TPSA) is 23.3 Å². The molecule has 1 aliphatic heterocycles. The van der Waals surface area contributed by atoms with Crippen molar-refractivity contribution in [3.05, 3.63) is 58.7 Å². The summed E-state index contributed by atoms with van der Waals surface area (Å²) in [6.07, 6.45) is 2.09. The Bertz CT molecular complexity index is 1010. The van der Waals surface area contributed by atoms with Crippen molar-refractivity contribution < 1.29 is 21.8 Å². The number of benzene rings is 2. The molecule has 0 unspecified atom stereocenters. The van der Waals surface area contributed by atoms with E-state index >= 15 is 0 Å². The van der Waals surface area contributed by atoms with E-state index < -0.39 is 5.41 Å². The predicted octanol–water partition coefficient (Wildman–Crippen LogP) is 4.93. The van der Waals surface area contributed by atoms with Crippen LogP contribution in [0.25, 0.3) is 0 Å². The van der Waals surface area contributed by atoms with E-state index in [0.29, 0.717) is 30.2 Å². The molecule has 0 saturated carbocycles. The molecule has 1 amide bonds. The molecule has 0 atom stereocenters. The molecule has 186 valence electrons. The molecule has 3 nitrogen and oxygen atoms in total. The lowest BCUT2D eigenvalue weighted by molar-refractivity contribution is -0.454. The highest BCUT2D eigenvalue weighted by atomic mass is 35.5. The molecule has 0 spiro atoms. The zero-order valence-corrected chi connectivity index (χ0v) is 23.5. The Morgan fingerprint density at radius 2 is 1.12 bits per heavy atom. The van der Waals surface area contributed by atoms with Crippen LogP contribution in [0.15, 0.2) is 36.4 Å². The molecule has 2 aromatic rings. The summed E-state index contributed by atoms with van der Waals surface area (Å²) in [6.45, 7) is 22.7. The third-order valence-electron chi connectivity index (χ3n) is 6.83. The van der Waals surface area contributed by atoms with E-state index in [9.17, 15) is 4.79 Å². The first-order valence-electron chi connectivity index (χ1n) is 12.6. The summed E-state index contributed by atoms with van der Waals surface area (Å²) in [7, 11) is 0. The zero-order valence-electron chi connectivity index (χ0n) is 22.7. The lowest BCUT2D eigenvalue weighted by atomic mass is 9.85. The fourth-order valence-electron chi connectivity index (χ4n) is 4.98. The SMILES string of the molecule is CC(C)c1cccc(C(C)C)c1N1C=[N+](c2c(C(C)C)cccc2C(C)C)CC(C)(C)C1=O.[Cl-]. The predicted molar refractivity (Wildman–Crippen MR) is 141 cm³/mol. The Hall–Kier alpha value is -2.13. The van der Waals surface area contributed by atoms with Crippen LogP contribution in [0.4, 0.5) is 11.4 Å². The zero-order chi connectivity index (χ0) is 24.7. The second kappa shape index (κ2) is 10.6. The maximum Gasteiger partial charge on any atom is 0.323 e. The minimum absolute atomic E-state index is 0. The van der Waals surface area contributed by atoms with Gasteiger partial charge < -0.3 is 12.4 Å². The maximum absolute atomic E-state index is 13.9. The Balaban J connectivity index is 0.00000408. The van der Waals surface area contributed by atoms with Crippen molar-refractivity contribution in [1.82, 2.24) is 0 Å².